The molecule has 0 spiro atoms. The molecule has 0 unspecified atom stereocenters. The van der Waals surface area contributed by atoms with E-state index in [1.807, 2.05) is 0 Å². The molecule has 0 saturated heterocycles. The van der Waals surface area contributed by atoms with Crippen molar-refractivity contribution in [3.05, 3.63) is 40.6 Å². The van der Waals surface area contributed by atoms with E-state index in [1.165, 1.54) is 44.6 Å². The molecule has 1 heterocycles. The molecule has 3 rings (SSSR count). The monoisotopic (exact) mass is 330 g/mol. The number of benzene rings is 2. The number of hydrogen-bond acceptors (Lipinski definition) is 7. The summed E-state index contributed by atoms with van der Waals surface area (Å²) in [6.45, 7) is 0. The molecule has 0 amide bonds. The highest BCUT2D eigenvalue weighted by Crippen LogP contribution is 2.40. The first-order valence-electron chi connectivity index (χ1n) is 6.89. The highest BCUT2D eigenvalue weighted by atomic mass is 16.5. The van der Waals surface area contributed by atoms with Gasteiger partial charge in [0.05, 0.1) is 14.2 Å². The Morgan fingerprint density at radius 3 is 2.17 bits per heavy atom. The minimum Gasteiger partial charge on any atom is -0.508 e. The Morgan fingerprint density at radius 1 is 0.917 bits per heavy atom. The number of phenolic OH excluding ortho intramolecular Hbond substituents is 3. The summed E-state index contributed by atoms with van der Waals surface area (Å²) in [4.78, 5) is 12.4. The lowest BCUT2D eigenvalue weighted by Crippen LogP contribution is -2.02. The van der Waals surface area contributed by atoms with Crippen molar-refractivity contribution in [1.29, 1.82) is 0 Å². The predicted octanol–water partition coefficient (Wildman–Crippen LogP) is 2.59. The summed E-state index contributed by atoms with van der Waals surface area (Å²) >= 11 is 0. The number of phenols is 3. The molecule has 2 aromatic carbocycles. The van der Waals surface area contributed by atoms with Gasteiger partial charge in [0.2, 0.25) is 5.75 Å². The van der Waals surface area contributed by atoms with Gasteiger partial charge in [0.15, 0.2) is 16.9 Å². The fourth-order valence-electron chi connectivity index (χ4n) is 2.49. The molecular weight excluding hydrogens is 316 g/mol. The van der Waals surface area contributed by atoms with Crippen molar-refractivity contribution in [3.63, 3.8) is 0 Å². The van der Waals surface area contributed by atoms with E-state index in [-0.39, 0.29) is 51.0 Å². The molecule has 0 radical (unpaired) electrons. The molecule has 0 fully saturated rings. The molecule has 0 saturated carbocycles. The van der Waals surface area contributed by atoms with Crippen LogP contribution in [0.5, 0.6) is 28.7 Å². The van der Waals surface area contributed by atoms with E-state index in [4.69, 9.17) is 13.9 Å². The number of hydrogen-bond donors (Lipinski definition) is 3. The molecule has 124 valence electrons. The molecular formula is C17H14O7. The zero-order chi connectivity index (χ0) is 17.4. The first kappa shape index (κ1) is 15.5. The van der Waals surface area contributed by atoms with Crippen LogP contribution < -0.4 is 14.9 Å². The van der Waals surface area contributed by atoms with Gasteiger partial charge in [0, 0.05) is 23.8 Å². The van der Waals surface area contributed by atoms with E-state index in [2.05, 4.69) is 0 Å². The second-order valence-electron chi connectivity index (χ2n) is 5.04. The first-order chi connectivity index (χ1) is 11.4. The smallest absolute Gasteiger partial charge is 0.202 e. The Kier molecular flexibility index (Phi) is 3.69. The van der Waals surface area contributed by atoms with Gasteiger partial charge >= 0.3 is 0 Å². The SMILES string of the molecule is COc1c(O)cc(-c2cc(=O)c3c(OC)cc(O)cc3o2)cc1O. The van der Waals surface area contributed by atoms with Crippen LogP contribution in [0.1, 0.15) is 0 Å². The lowest BCUT2D eigenvalue weighted by atomic mass is 10.1. The van der Waals surface area contributed by atoms with Crippen molar-refractivity contribution in [2.45, 2.75) is 0 Å². The van der Waals surface area contributed by atoms with Gasteiger partial charge in [-0.3, -0.25) is 4.79 Å². The maximum Gasteiger partial charge on any atom is 0.202 e. The Bertz CT molecular complexity index is 965. The third-order valence-electron chi connectivity index (χ3n) is 3.54. The van der Waals surface area contributed by atoms with Crippen LogP contribution in [0.3, 0.4) is 0 Å². The summed E-state index contributed by atoms with van der Waals surface area (Å²) in [6.07, 6.45) is 0. The maximum absolute atomic E-state index is 12.4. The van der Waals surface area contributed by atoms with Crippen LogP contribution in [0, 0.1) is 0 Å². The lowest BCUT2D eigenvalue weighted by molar-refractivity contribution is 0.345. The Labute approximate surface area is 135 Å². The quantitative estimate of drug-likeness (QED) is 0.677. The van der Waals surface area contributed by atoms with Gasteiger partial charge in [0.1, 0.15) is 28.2 Å². The normalized spacial score (nSPS) is 10.8. The molecule has 7 nitrogen and oxygen atoms in total. The minimum absolute atomic E-state index is 0.0822. The van der Waals surface area contributed by atoms with Gasteiger partial charge in [-0.25, -0.2) is 0 Å². The molecule has 0 aliphatic rings. The molecule has 1 aromatic heterocycles. The second-order valence-corrected chi connectivity index (χ2v) is 5.04. The Balaban J connectivity index is 2.27. The summed E-state index contributed by atoms with van der Waals surface area (Å²) in [5, 5.41) is 29.6. The highest BCUT2D eigenvalue weighted by Gasteiger charge is 2.16. The molecule has 0 atom stereocenters. The standard InChI is InChI=1S/C17H14O7/c1-22-14-5-9(18)6-15-16(14)10(19)7-13(24-15)8-3-11(20)17(23-2)12(21)4-8/h3-7,18,20-21H,1-2H3. The molecule has 24 heavy (non-hydrogen) atoms. The largest absolute Gasteiger partial charge is 0.508 e. The van der Waals surface area contributed by atoms with Crippen LogP contribution in [0.15, 0.2) is 39.5 Å². The van der Waals surface area contributed by atoms with Crippen LogP contribution in [0.4, 0.5) is 0 Å². The van der Waals surface area contributed by atoms with E-state index in [1.54, 1.807) is 0 Å². The van der Waals surface area contributed by atoms with E-state index in [0.29, 0.717) is 0 Å². The minimum atomic E-state index is -0.391. The van der Waals surface area contributed by atoms with Gasteiger partial charge in [-0.15, -0.1) is 0 Å². The molecule has 3 N–H and O–H groups in total. The van der Waals surface area contributed by atoms with Crippen molar-refractivity contribution in [3.8, 4) is 40.1 Å². The second kappa shape index (κ2) is 5.69. The topological polar surface area (TPSA) is 109 Å². The van der Waals surface area contributed by atoms with Gasteiger partial charge in [0.25, 0.3) is 0 Å². The van der Waals surface area contributed by atoms with Gasteiger partial charge in [-0.05, 0) is 12.1 Å². The molecule has 0 aliphatic carbocycles. The predicted molar refractivity (Wildman–Crippen MR) is 86.0 cm³/mol. The summed E-state index contributed by atoms with van der Waals surface area (Å²) in [5.74, 6) is -0.520. The van der Waals surface area contributed by atoms with Gasteiger partial charge in [-0.2, -0.15) is 0 Å². The van der Waals surface area contributed by atoms with Gasteiger partial charge in [-0.1, -0.05) is 0 Å². The van der Waals surface area contributed by atoms with Gasteiger partial charge < -0.3 is 29.2 Å². The van der Waals surface area contributed by atoms with Crippen molar-refractivity contribution in [2.75, 3.05) is 14.2 Å². The third-order valence-corrected chi connectivity index (χ3v) is 3.54. The number of fused-ring (bicyclic) bond motifs is 1. The van der Waals surface area contributed by atoms with Crippen LogP contribution in [0.25, 0.3) is 22.3 Å². The summed E-state index contributed by atoms with van der Waals surface area (Å²) in [7, 11) is 2.68. The Hall–Kier alpha value is -3.35. The molecule has 0 aliphatic heterocycles. The van der Waals surface area contributed by atoms with Crippen LogP contribution in [0.2, 0.25) is 0 Å². The molecule has 7 heteroatoms. The van der Waals surface area contributed by atoms with Crippen molar-refractivity contribution < 1.29 is 29.2 Å². The van der Waals surface area contributed by atoms with E-state index in [9.17, 15) is 20.1 Å². The number of ether oxygens (including phenoxy) is 2. The summed E-state index contributed by atoms with van der Waals surface area (Å²) in [6, 6.07) is 6.39. The Morgan fingerprint density at radius 2 is 1.58 bits per heavy atom. The van der Waals surface area contributed by atoms with Crippen LogP contribution >= 0.6 is 0 Å². The van der Waals surface area contributed by atoms with Crippen molar-refractivity contribution in [2.24, 2.45) is 0 Å². The van der Waals surface area contributed by atoms with Crippen molar-refractivity contribution >= 4 is 11.0 Å². The fourth-order valence-corrected chi connectivity index (χ4v) is 2.49. The maximum atomic E-state index is 12.4. The average Bonchev–Trinajstić information content (AvgIpc) is 2.53. The summed E-state index contributed by atoms with van der Waals surface area (Å²) < 4.78 is 15.6. The van der Waals surface area contributed by atoms with Crippen molar-refractivity contribution in [1.82, 2.24) is 0 Å². The van der Waals surface area contributed by atoms with Crippen LogP contribution in [-0.4, -0.2) is 29.5 Å². The molecule has 3 aromatic rings. The zero-order valence-electron chi connectivity index (χ0n) is 12.9. The lowest BCUT2D eigenvalue weighted by Gasteiger charge is -2.10. The van der Waals surface area contributed by atoms with E-state index >= 15 is 0 Å². The fraction of sp³-hybridized carbons (Fsp3) is 0.118. The number of methoxy groups -OCH3 is 2. The number of aromatic hydroxyl groups is 3. The van der Waals surface area contributed by atoms with Crippen LogP contribution in [-0.2, 0) is 0 Å². The third kappa shape index (κ3) is 2.45. The highest BCUT2D eigenvalue weighted by molar-refractivity contribution is 5.86. The van der Waals surface area contributed by atoms with E-state index in [0.717, 1.165) is 0 Å². The summed E-state index contributed by atoms with van der Waals surface area (Å²) in [5.41, 5.74) is -0.00541. The zero-order valence-corrected chi connectivity index (χ0v) is 12.9. The molecule has 0 bridgehead atoms. The first-order valence-corrected chi connectivity index (χ1v) is 6.89. The average molecular weight is 330 g/mol. The van der Waals surface area contributed by atoms with E-state index < -0.39 is 5.43 Å². The number of rotatable bonds is 3.